The number of aromatic nitrogens is 3. The molecule has 11 rings (SSSR count). The van der Waals surface area contributed by atoms with Gasteiger partial charge in [-0.2, -0.15) is 0 Å². The molecule has 0 aliphatic heterocycles. The van der Waals surface area contributed by atoms with E-state index in [1.807, 2.05) is 19.1 Å². The van der Waals surface area contributed by atoms with Crippen molar-refractivity contribution in [3.63, 3.8) is 0 Å². The van der Waals surface area contributed by atoms with Gasteiger partial charge in [0.2, 0.25) is 0 Å². The van der Waals surface area contributed by atoms with E-state index in [9.17, 15) is 15.0 Å². The number of carbonyl (C=O) groups is 1. The summed E-state index contributed by atoms with van der Waals surface area (Å²) < 4.78 is 2.21. The third kappa shape index (κ3) is 8.86. The molecule has 7 nitrogen and oxygen atoms in total. The molecular formula is C54H83BrN4O3. The van der Waals surface area contributed by atoms with Crippen molar-refractivity contribution in [1.82, 2.24) is 14.4 Å². The minimum Gasteiger partial charge on any atom is -0.390 e. The van der Waals surface area contributed by atoms with Crippen LogP contribution in [0.2, 0.25) is 0 Å². The van der Waals surface area contributed by atoms with Gasteiger partial charge >= 0.3 is 0 Å². The number of aliphatic hydroxyl groups is 2. The minimum atomic E-state index is -0.419. The molecule has 3 aromatic rings. The smallest absolute Gasteiger partial charge is 0.147 e. The maximum atomic E-state index is 12.5. The van der Waals surface area contributed by atoms with Crippen molar-refractivity contribution in [2.75, 3.05) is 11.1 Å². The lowest BCUT2D eigenvalue weighted by molar-refractivity contribution is -0.129. The molecule has 8 heteroatoms. The van der Waals surface area contributed by atoms with E-state index in [1.165, 1.54) is 89.2 Å². The predicted molar refractivity (Wildman–Crippen MR) is 258 cm³/mol. The topological polar surface area (TPSA) is 114 Å². The van der Waals surface area contributed by atoms with E-state index in [1.54, 1.807) is 12.3 Å². The molecule has 0 radical (unpaired) electrons. The maximum absolute atomic E-state index is 12.5. The van der Waals surface area contributed by atoms with Crippen LogP contribution in [0.5, 0.6) is 0 Å². The second-order valence-corrected chi connectivity index (χ2v) is 23.2. The molecule has 8 aliphatic rings. The van der Waals surface area contributed by atoms with Gasteiger partial charge in [-0.3, -0.25) is 4.79 Å². The van der Waals surface area contributed by atoms with Crippen molar-refractivity contribution < 1.29 is 15.0 Å². The molecule has 0 unspecified atom stereocenters. The number of carbonyl (C=O) groups excluding carboxylic acids is 1. The van der Waals surface area contributed by atoms with Crippen LogP contribution in [0.1, 0.15) is 170 Å². The zero-order chi connectivity index (χ0) is 42.0. The molecule has 3 aromatic heterocycles. The molecule has 0 saturated heterocycles. The van der Waals surface area contributed by atoms with Gasteiger partial charge in [-0.1, -0.05) is 56.8 Å². The summed E-state index contributed by atoms with van der Waals surface area (Å²) in [6.45, 7) is 9.15. The van der Waals surface area contributed by atoms with Gasteiger partial charge in [-0.05, 0) is 224 Å². The Bertz CT molecular complexity index is 1930. The monoisotopic (exact) mass is 915 g/mol. The third-order valence-electron chi connectivity index (χ3n) is 19.4. The number of nitrogen functional groups attached to an aromatic ring is 1. The second kappa shape index (κ2) is 18.5. The molecule has 0 spiro atoms. The maximum Gasteiger partial charge on any atom is 0.147 e. The van der Waals surface area contributed by atoms with Crippen LogP contribution in [-0.4, -0.2) is 46.9 Å². The Hall–Kier alpha value is -2.29. The van der Waals surface area contributed by atoms with Gasteiger partial charge in [-0.15, -0.1) is 0 Å². The third-order valence-corrected chi connectivity index (χ3v) is 20.0. The highest BCUT2D eigenvalue weighted by atomic mass is 79.9. The average Bonchev–Trinajstić information content (AvgIpc) is 3.92. The van der Waals surface area contributed by atoms with Crippen molar-refractivity contribution in [3.05, 3.63) is 60.7 Å². The number of hydrogen-bond acceptors (Lipinski definition) is 6. The lowest BCUT2D eigenvalue weighted by Gasteiger charge is -2.57. The normalized spacial score (nSPS) is 43.7. The number of ketones is 1. The van der Waals surface area contributed by atoms with E-state index >= 15 is 0 Å². The Morgan fingerprint density at radius 1 is 0.694 bits per heavy atom. The van der Waals surface area contributed by atoms with Crippen molar-refractivity contribution in [2.45, 2.75) is 175 Å². The number of Topliss-reactive ketones (excluding diaryl/α,β-unsaturated/α-hetero) is 1. The first-order chi connectivity index (χ1) is 28.7. The quantitative estimate of drug-likeness (QED) is 0.226. The van der Waals surface area contributed by atoms with E-state index in [2.05, 4.69) is 76.7 Å². The van der Waals surface area contributed by atoms with E-state index in [0.717, 1.165) is 96.9 Å². The van der Waals surface area contributed by atoms with Crippen LogP contribution in [0, 0.1) is 75.9 Å². The number of pyridine rings is 2. The van der Waals surface area contributed by atoms with Crippen molar-refractivity contribution in [2.24, 2.45) is 75.9 Å². The molecule has 8 saturated carbocycles. The fraction of sp³-hybridized carbons (Fsp3) is 0.759. The fourth-order valence-electron chi connectivity index (χ4n) is 16.8. The average molecular weight is 916 g/mol. The first-order valence-corrected chi connectivity index (χ1v) is 25.5. The molecule has 16 atom stereocenters. The Labute approximate surface area is 383 Å². The van der Waals surface area contributed by atoms with Crippen molar-refractivity contribution in [3.8, 4) is 0 Å². The first-order valence-electron chi connectivity index (χ1n) is 24.3. The molecule has 0 amide bonds. The lowest BCUT2D eigenvalue weighted by Crippen LogP contribution is -2.51. The number of alkyl halides is 1. The highest BCUT2D eigenvalue weighted by Crippen LogP contribution is 2.67. The van der Waals surface area contributed by atoms with Crippen molar-refractivity contribution in [1.29, 1.82) is 0 Å². The van der Waals surface area contributed by atoms with E-state index in [-0.39, 0.29) is 20.3 Å². The number of fused-ring (bicyclic) bond motifs is 11. The second-order valence-electron chi connectivity index (χ2n) is 22.7. The lowest BCUT2D eigenvalue weighted by atomic mass is 9.49. The van der Waals surface area contributed by atoms with E-state index in [0.29, 0.717) is 34.2 Å². The summed E-state index contributed by atoms with van der Waals surface area (Å²) >= 11 is 3.42. The number of nitrogens with two attached hydrogens (primary N) is 1. The van der Waals surface area contributed by atoms with Gasteiger partial charge in [-0.25, -0.2) is 9.97 Å². The SMILES string of the molecule is C.C.C[C@@]1(O)CC[C@H]2[C@H](CC[C@@H]3[C@@H]2CC[C@]2(C)[C@@H](C(=O)CBr)CC[C@@H]32)C1.C[C@@]1(O)CC[C@H]2[C@H](CC[C@@H]3[C@@H]2CC[C@]2(C)[C@@H](c4cn5ccccc5n4)CC[C@@H]32)C1.Nc1ccccn1. The summed E-state index contributed by atoms with van der Waals surface area (Å²) in [4.78, 5) is 21.3. The standard InChI is InChI=1S/C26H36N2O.C21H33BrO2.C5H6N2.2CH4/c1-25(29)12-10-18-17(15-25)6-7-20-19(18)11-13-26(2)21(20)8-9-22(26)23-16-28-14-4-3-5-24(28)27-23;1-20(24)9-7-14-13(11-20)3-4-16-15(14)8-10-21(2)17(16)5-6-18(21)19(23)12-22;6-5-3-1-2-4-7-5;;/h3-5,14,16-22,29H,6-13,15H2,1-2H3;13-18,24H,3-12H2,1-2H3;1-4H,(H2,6,7);2*1H4/t17-,18+,19-,20-,21+,22-,25-,26+;13-,14+,15-,16-,17+,18-,20-,21+;;;/m11.../s1. The van der Waals surface area contributed by atoms with Gasteiger partial charge in [0, 0.05) is 30.4 Å². The summed E-state index contributed by atoms with van der Waals surface area (Å²) in [6.07, 6.45) is 28.5. The van der Waals surface area contributed by atoms with Gasteiger partial charge in [0.25, 0.3) is 0 Å². The Balaban J connectivity index is 0.000000159. The molecule has 0 bridgehead atoms. The largest absolute Gasteiger partial charge is 0.390 e. The first kappa shape index (κ1) is 47.7. The van der Waals surface area contributed by atoms with Crippen LogP contribution in [-0.2, 0) is 4.79 Å². The highest BCUT2D eigenvalue weighted by molar-refractivity contribution is 9.09. The molecule has 3 heterocycles. The fourth-order valence-corrected chi connectivity index (χ4v) is 17.2. The zero-order valence-corrected chi connectivity index (χ0v) is 38.7. The number of nitrogens with zero attached hydrogens (tertiary/aromatic N) is 3. The number of halogens is 1. The molecule has 344 valence electrons. The Morgan fingerprint density at radius 2 is 1.26 bits per heavy atom. The van der Waals surface area contributed by atoms with Crippen LogP contribution in [0.4, 0.5) is 5.82 Å². The molecular weight excluding hydrogens is 833 g/mol. The Morgan fingerprint density at radius 3 is 1.81 bits per heavy atom. The zero-order valence-electron chi connectivity index (χ0n) is 37.2. The van der Waals surface area contributed by atoms with Gasteiger partial charge in [0.15, 0.2) is 0 Å². The van der Waals surface area contributed by atoms with Crippen molar-refractivity contribution >= 4 is 33.2 Å². The van der Waals surface area contributed by atoms with Gasteiger partial charge in [0.05, 0.1) is 22.2 Å². The van der Waals surface area contributed by atoms with Gasteiger partial charge < -0.3 is 20.3 Å². The summed E-state index contributed by atoms with van der Waals surface area (Å²) in [5.41, 5.74) is 7.54. The summed E-state index contributed by atoms with van der Waals surface area (Å²) in [5.74, 6) is 10.4. The molecule has 8 fully saturated rings. The van der Waals surface area contributed by atoms with Crippen LogP contribution >= 0.6 is 15.9 Å². The summed E-state index contributed by atoms with van der Waals surface area (Å²) in [5, 5.41) is 21.6. The van der Waals surface area contributed by atoms with Crippen LogP contribution in [0.15, 0.2) is 55.0 Å². The van der Waals surface area contributed by atoms with Gasteiger partial charge in [0.1, 0.15) is 17.2 Å². The molecule has 0 aromatic carbocycles. The number of rotatable bonds is 3. The minimum absolute atomic E-state index is 0. The predicted octanol–water partition coefficient (Wildman–Crippen LogP) is 12.7. The number of hydrogen-bond donors (Lipinski definition) is 3. The Kier molecular flexibility index (Phi) is 14.2. The molecule has 4 N–H and O–H groups in total. The van der Waals surface area contributed by atoms with E-state index < -0.39 is 11.2 Å². The van der Waals surface area contributed by atoms with Crippen LogP contribution in [0.3, 0.4) is 0 Å². The van der Waals surface area contributed by atoms with Crippen LogP contribution in [0.25, 0.3) is 5.65 Å². The number of imidazole rings is 1. The molecule has 62 heavy (non-hydrogen) atoms. The highest BCUT2D eigenvalue weighted by Gasteiger charge is 2.60. The van der Waals surface area contributed by atoms with E-state index in [4.69, 9.17) is 10.7 Å². The summed E-state index contributed by atoms with van der Waals surface area (Å²) in [7, 11) is 0. The summed E-state index contributed by atoms with van der Waals surface area (Å²) in [6, 6.07) is 11.8. The number of anilines is 1. The van der Waals surface area contributed by atoms with Crippen LogP contribution < -0.4 is 5.73 Å². The molecule has 8 aliphatic carbocycles.